The van der Waals surface area contributed by atoms with Gasteiger partial charge >= 0.3 is 5.97 Å². The first-order chi connectivity index (χ1) is 12.9. The van der Waals surface area contributed by atoms with Crippen LogP contribution < -0.4 is 9.62 Å². The number of nitrogens with one attached hydrogen (secondary N) is 1. The molecule has 0 aromatic heterocycles. The predicted octanol–water partition coefficient (Wildman–Crippen LogP) is 3.31. The molecule has 27 heavy (non-hydrogen) atoms. The number of hydrogen-bond donors (Lipinski definition) is 1. The summed E-state index contributed by atoms with van der Waals surface area (Å²) in [5, 5.41) is 1.63. The summed E-state index contributed by atoms with van der Waals surface area (Å²) in [6.07, 6.45) is 3.63. The molecule has 0 atom stereocenters. The Kier molecular flexibility index (Phi) is 7.62. The second-order valence-corrected chi connectivity index (χ2v) is 8.40. The van der Waals surface area contributed by atoms with Crippen LogP contribution in [0, 0.1) is 0 Å². The molecule has 1 N–H and O–H groups in total. The first-order valence-corrected chi connectivity index (χ1v) is 10.6. The van der Waals surface area contributed by atoms with E-state index < -0.39 is 10.0 Å². The van der Waals surface area contributed by atoms with Crippen LogP contribution in [-0.4, -0.2) is 42.1 Å². The smallest absolute Gasteiger partial charge is 0.305 e. The van der Waals surface area contributed by atoms with Crippen molar-refractivity contribution in [3.8, 4) is 0 Å². The number of sulfonamides is 1. The molecule has 0 fully saturated rings. The van der Waals surface area contributed by atoms with Gasteiger partial charge in [-0.3, -0.25) is 4.79 Å². The van der Waals surface area contributed by atoms with E-state index in [-0.39, 0.29) is 5.97 Å². The maximum atomic E-state index is 12.8. The fourth-order valence-corrected chi connectivity index (χ4v) is 4.32. The highest BCUT2D eigenvalue weighted by molar-refractivity contribution is 7.89. The quantitative estimate of drug-likeness (QED) is 0.496. The van der Waals surface area contributed by atoms with Gasteiger partial charge in [-0.25, -0.2) is 13.1 Å². The standard InChI is InChI=1S/C20H28N2O4S/c1-22(2)18-12-8-11-17-16(18)10-9-13-19(17)27(24,25)21-15-7-5-4-6-14-20(23)26-3/h8-13,21H,4-7,14-15H2,1-3H3. The van der Waals surface area contributed by atoms with Crippen LogP contribution in [0.25, 0.3) is 10.8 Å². The lowest BCUT2D eigenvalue weighted by Gasteiger charge is -2.17. The number of methoxy groups -OCH3 is 1. The molecule has 2 aromatic carbocycles. The van der Waals surface area contributed by atoms with E-state index in [4.69, 9.17) is 0 Å². The highest BCUT2D eigenvalue weighted by Gasteiger charge is 2.17. The van der Waals surface area contributed by atoms with Crippen LogP contribution in [0.15, 0.2) is 41.3 Å². The van der Waals surface area contributed by atoms with E-state index in [1.165, 1.54) is 7.11 Å². The largest absolute Gasteiger partial charge is 0.469 e. The zero-order valence-electron chi connectivity index (χ0n) is 16.2. The van der Waals surface area contributed by atoms with Crippen molar-refractivity contribution in [2.45, 2.75) is 37.0 Å². The summed E-state index contributed by atoms with van der Waals surface area (Å²) in [7, 11) is 1.68. The molecule has 0 bridgehead atoms. The van der Waals surface area contributed by atoms with Crippen molar-refractivity contribution >= 4 is 32.5 Å². The molecule has 0 spiro atoms. The third-order valence-corrected chi connectivity index (χ3v) is 5.98. The van der Waals surface area contributed by atoms with E-state index in [9.17, 15) is 13.2 Å². The first-order valence-electron chi connectivity index (χ1n) is 9.12. The van der Waals surface area contributed by atoms with Crippen LogP contribution >= 0.6 is 0 Å². The lowest BCUT2D eigenvalue weighted by Crippen LogP contribution is -2.25. The molecule has 0 saturated heterocycles. The lowest BCUT2D eigenvalue weighted by molar-refractivity contribution is -0.140. The Morgan fingerprint density at radius 2 is 1.67 bits per heavy atom. The maximum Gasteiger partial charge on any atom is 0.305 e. The number of benzene rings is 2. The Morgan fingerprint density at radius 1 is 1.00 bits per heavy atom. The summed E-state index contributed by atoms with van der Waals surface area (Å²) < 4.78 is 32.8. The Morgan fingerprint density at radius 3 is 2.37 bits per heavy atom. The van der Waals surface area contributed by atoms with Gasteiger partial charge in [0.15, 0.2) is 0 Å². The van der Waals surface area contributed by atoms with Gasteiger partial charge in [0.05, 0.1) is 12.0 Å². The molecular formula is C20H28N2O4S. The number of fused-ring (bicyclic) bond motifs is 1. The van der Waals surface area contributed by atoms with Crippen molar-refractivity contribution < 1.29 is 17.9 Å². The number of nitrogens with zero attached hydrogens (tertiary/aromatic N) is 1. The summed E-state index contributed by atoms with van der Waals surface area (Å²) in [4.78, 5) is 13.3. The van der Waals surface area contributed by atoms with Gasteiger partial charge < -0.3 is 9.64 Å². The molecule has 2 rings (SSSR count). The van der Waals surface area contributed by atoms with Crippen molar-refractivity contribution in [3.05, 3.63) is 36.4 Å². The van der Waals surface area contributed by atoms with Crippen LogP contribution in [-0.2, 0) is 19.6 Å². The number of ether oxygens (including phenoxy) is 1. The fraction of sp³-hybridized carbons (Fsp3) is 0.450. The van der Waals surface area contributed by atoms with Gasteiger partial charge in [0, 0.05) is 43.5 Å². The molecule has 0 aliphatic heterocycles. The molecule has 0 unspecified atom stereocenters. The van der Waals surface area contributed by atoms with Crippen molar-refractivity contribution in [3.63, 3.8) is 0 Å². The van der Waals surface area contributed by atoms with E-state index in [1.54, 1.807) is 12.1 Å². The van der Waals surface area contributed by atoms with Crippen molar-refractivity contribution in [1.82, 2.24) is 4.72 Å². The third-order valence-electron chi connectivity index (χ3n) is 4.46. The molecule has 148 valence electrons. The molecule has 0 heterocycles. The molecule has 0 saturated carbocycles. The molecule has 0 aliphatic rings. The normalized spacial score (nSPS) is 11.5. The van der Waals surface area contributed by atoms with Gasteiger partial charge in [-0.2, -0.15) is 0 Å². The van der Waals surface area contributed by atoms with Gasteiger partial charge in [-0.1, -0.05) is 37.1 Å². The van der Waals surface area contributed by atoms with E-state index in [1.807, 2.05) is 43.3 Å². The van der Waals surface area contributed by atoms with Crippen LogP contribution in [0.4, 0.5) is 5.69 Å². The SMILES string of the molecule is COC(=O)CCCCCCNS(=O)(=O)c1cccc2c(N(C)C)cccc12. The number of carbonyl (C=O) groups excluding carboxylic acids is 1. The lowest BCUT2D eigenvalue weighted by atomic mass is 10.1. The molecule has 0 aliphatic carbocycles. The monoisotopic (exact) mass is 392 g/mol. The topological polar surface area (TPSA) is 75.7 Å². The number of unbranched alkanes of at least 4 members (excludes halogenated alkanes) is 3. The van der Waals surface area contributed by atoms with Gasteiger partial charge in [-0.15, -0.1) is 0 Å². The first kappa shape index (κ1) is 21.2. The highest BCUT2D eigenvalue weighted by atomic mass is 32.2. The summed E-state index contributed by atoms with van der Waals surface area (Å²) in [5.74, 6) is -0.205. The number of anilines is 1. The minimum Gasteiger partial charge on any atom is -0.469 e. The van der Waals surface area contributed by atoms with Gasteiger partial charge in [0.1, 0.15) is 0 Å². The molecule has 7 heteroatoms. The van der Waals surface area contributed by atoms with Gasteiger partial charge in [-0.05, 0) is 25.0 Å². The Hall–Kier alpha value is -2.12. The highest BCUT2D eigenvalue weighted by Crippen LogP contribution is 2.30. The van der Waals surface area contributed by atoms with E-state index >= 15 is 0 Å². The maximum absolute atomic E-state index is 12.8. The summed E-state index contributed by atoms with van der Waals surface area (Å²) in [6.45, 7) is 0.379. The average Bonchev–Trinajstić information content (AvgIpc) is 2.65. The Labute approximate surface area is 161 Å². The molecule has 0 radical (unpaired) electrons. The zero-order valence-corrected chi connectivity index (χ0v) is 17.0. The molecule has 6 nitrogen and oxygen atoms in total. The summed E-state index contributed by atoms with van der Waals surface area (Å²) in [5.41, 5.74) is 0.982. The third kappa shape index (κ3) is 5.68. The van der Waals surface area contributed by atoms with Gasteiger partial charge in [0.25, 0.3) is 0 Å². The second kappa shape index (κ2) is 9.71. The summed E-state index contributed by atoms with van der Waals surface area (Å²) in [6, 6.07) is 11.0. The molecular weight excluding hydrogens is 364 g/mol. The number of carbonyl (C=O) groups is 1. The second-order valence-electron chi connectivity index (χ2n) is 6.66. The molecule has 0 amide bonds. The zero-order chi connectivity index (χ0) is 19.9. The van der Waals surface area contributed by atoms with Crippen LogP contribution in [0.5, 0.6) is 0 Å². The average molecular weight is 393 g/mol. The predicted molar refractivity (Wildman–Crippen MR) is 109 cm³/mol. The number of hydrogen-bond acceptors (Lipinski definition) is 5. The minimum absolute atomic E-state index is 0.205. The van der Waals surface area contributed by atoms with E-state index in [2.05, 4.69) is 9.46 Å². The number of rotatable bonds is 10. The Balaban J connectivity index is 1.99. The van der Waals surface area contributed by atoms with Gasteiger partial charge in [0.2, 0.25) is 10.0 Å². The van der Waals surface area contributed by atoms with Crippen molar-refractivity contribution in [1.29, 1.82) is 0 Å². The number of esters is 1. The van der Waals surface area contributed by atoms with Crippen molar-refractivity contribution in [2.24, 2.45) is 0 Å². The van der Waals surface area contributed by atoms with Crippen LogP contribution in [0.2, 0.25) is 0 Å². The van der Waals surface area contributed by atoms with Crippen molar-refractivity contribution in [2.75, 3.05) is 32.6 Å². The van der Waals surface area contributed by atoms with Crippen LogP contribution in [0.1, 0.15) is 32.1 Å². The summed E-state index contributed by atoms with van der Waals surface area (Å²) >= 11 is 0. The minimum atomic E-state index is -3.58. The fourth-order valence-electron chi connectivity index (χ4n) is 3.02. The van der Waals surface area contributed by atoms with Crippen LogP contribution in [0.3, 0.4) is 0 Å². The molecule has 2 aromatic rings. The Bertz CT molecular complexity index is 879. The van der Waals surface area contributed by atoms with E-state index in [0.29, 0.717) is 23.2 Å². The van der Waals surface area contributed by atoms with E-state index in [0.717, 1.165) is 36.8 Å².